The molecular weight excluding hydrogens is 326 g/mol. The third-order valence-corrected chi connectivity index (χ3v) is 3.29. The molecule has 8 nitrogen and oxygen atoms in total. The first-order valence-electron chi connectivity index (χ1n) is 6.99. The minimum atomic E-state index is -0.618. The van der Waals surface area contributed by atoms with E-state index in [0.717, 1.165) is 6.42 Å². The molecule has 2 N–H and O–H groups in total. The number of nitrogens with one attached hydrogen (secondary N) is 2. The van der Waals surface area contributed by atoms with Gasteiger partial charge in [-0.25, -0.2) is 4.79 Å². The number of nitro benzene ring substituents is 1. The van der Waals surface area contributed by atoms with Crippen LogP contribution in [-0.4, -0.2) is 30.6 Å². The van der Waals surface area contributed by atoms with Gasteiger partial charge in [-0.3, -0.25) is 14.9 Å². The van der Waals surface area contributed by atoms with Gasteiger partial charge < -0.3 is 15.4 Å². The summed E-state index contributed by atoms with van der Waals surface area (Å²) in [4.78, 5) is 32.7. The predicted octanol–water partition coefficient (Wildman–Crippen LogP) is 3.10. The van der Waals surface area contributed by atoms with E-state index in [9.17, 15) is 19.7 Å². The molecule has 0 aliphatic rings. The molecule has 0 heterocycles. The standard InChI is InChI=1S/C14H18ClN3O5/c1-23-13(19)5-3-2-4-8-16-14(20)17-10-6-7-11(15)12(9-10)18(21)22/h6-7,9H,2-5,8H2,1H3,(H2,16,17,20). The number of unbranched alkanes of at least 4 members (excludes halogenated alkanes) is 2. The maximum Gasteiger partial charge on any atom is 0.319 e. The highest BCUT2D eigenvalue weighted by Crippen LogP contribution is 2.27. The van der Waals surface area contributed by atoms with Crippen LogP contribution in [0, 0.1) is 10.1 Å². The molecule has 0 unspecified atom stereocenters. The van der Waals surface area contributed by atoms with Gasteiger partial charge in [-0.05, 0) is 25.0 Å². The average Bonchev–Trinajstić information content (AvgIpc) is 2.52. The van der Waals surface area contributed by atoms with E-state index < -0.39 is 11.0 Å². The third-order valence-electron chi connectivity index (χ3n) is 2.97. The van der Waals surface area contributed by atoms with E-state index >= 15 is 0 Å². The van der Waals surface area contributed by atoms with Crippen molar-refractivity contribution in [2.75, 3.05) is 19.0 Å². The summed E-state index contributed by atoms with van der Waals surface area (Å²) in [7, 11) is 1.34. The summed E-state index contributed by atoms with van der Waals surface area (Å²) in [6, 6.07) is 3.56. The number of anilines is 1. The number of carbonyl (C=O) groups excluding carboxylic acids is 2. The lowest BCUT2D eigenvalue weighted by Crippen LogP contribution is -2.29. The van der Waals surface area contributed by atoms with Gasteiger partial charge in [-0.2, -0.15) is 0 Å². The second kappa shape index (κ2) is 9.62. The quantitative estimate of drug-likeness (QED) is 0.326. The molecule has 0 aliphatic heterocycles. The normalized spacial score (nSPS) is 10.0. The molecule has 126 valence electrons. The van der Waals surface area contributed by atoms with Crippen molar-refractivity contribution in [3.05, 3.63) is 33.3 Å². The highest BCUT2D eigenvalue weighted by Gasteiger charge is 2.13. The van der Waals surface area contributed by atoms with Crippen molar-refractivity contribution in [3.8, 4) is 0 Å². The maximum atomic E-state index is 11.7. The SMILES string of the molecule is COC(=O)CCCCCNC(=O)Nc1ccc(Cl)c([N+](=O)[O-])c1. The van der Waals surface area contributed by atoms with Crippen molar-refractivity contribution in [2.45, 2.75) is 25.7 Å². The van der Waals surface area contributed by atoms with Gasteiger partial charge in [0.25, 0.3) is 5.69 Å². The van der Waals surface area contributed by atoms with Gasteiger partial charge in [0.2, 0.25) is 0 Å². The molecule has 0 saturated carbocycles. The van der Waals surface area contributed by atoms with Gasteiger partial charge in [0.05, 0.1) is 12.0 Å². The van der Waals surface area contributed by atoms with Crippen LogP contribution >= 0.6 is 11.6 Å². The Morgan fingerprint density at radius 3 is 2.70 bits per heavy atom. The summed E-state index contributed by atoms with van der Waals surface area (Å²) in [5.41, 5.74) is 0.0107. The van der Waals surface area contributed by atoms with Crippen LogP contribution in [0.25, 0.3) is 0 Å². The molecule has 2 amide bonds. The zero-order valence-corrected chi connectivity index (χ0v) is 13.4. The molecule has 0 spiro atoms. The number of nitrogens with zero attached hydrogens (tertiary/aromatic N) is 1. The Kier molecular flexibility index (Phi) is 7.82. The summed E-state index contributed by atoms with van der Waals surface area (Å²) in [6.07, 6.45) is 2.55. The lowest BCUT2D eigenvalue weighted by atomic mass is 10.2. The summed E-state index contributed by atoms with van der Waals surface area (Å²) in [5.74, 6) is -0.250. The third kappa shape index (κ3) is 6.96. The van der Waals surface area contributed by atoms with E-state index in [1.807, 2.05) is 0 Å². The number of halogens is 1. The first kappa shape index (κ1) is 18.7. The van der Waals surface area contributed by atoms with Crippen molar-refractivity contribution in [3.63, 3.8) is 0 Å². The van der Waals surface area contributed by atoms with Crippen LogP contribution < -0.4 is 10.6 Å². The second-order valence-corrected chi connectivity index (χ2v) is 5.10. The second-order valence-electron chi connectivity index (χ2n) is 4.69. The Balaban J connectivity index is 2.30. The van der Waals surface area contributed by atoms with E-state index in [2.05, 4.69) is 15.4 Å². The monoisotopic (exact) mass is 343 g/mol. The molecule has 0 fully saturated rings. The molecule has 1 aromatic rings. The Hall–Kier alpha value is -2.35. The number of methoxy groups -OCH3 is 1. The molecule has 0 atom stereocenters. The van der Waals surface area contributed by atoms with Crippen molar-refractivity contribution in [1.82, 2.24) is 5.32 Å². The minimum absolute atomic E-state index is 0.00608. The predicted molar refractivity (Wildman–Crippen MR) is 85.6 cm³/mol. The van der Waals surface area contributed by atoms with Crippen LogP contribution in [0.3, 0.4) is 0 Å². The number of ether oxygens (including phenoxy) is 1. The summed E-state index contributed by atoms with van der Waals surface area (Å²) < 4.78 is 4.52. The highest BCUT2D eigenvalue weighted by atomic mass is 35.5. The topological polar surface area (TPSA) is 111 Å². The molecule has 23 heavy (non-hydrogen) atoms. The molecule has 0 saturated heterocycles. The van der Waals surface area contributed by atoms with Gasteiger partial charge in [0.15, 0.2) is 0 Å². The number of carbonyl (C=O) groups is 2. The van der Waals surface area contributed by atoms with Gasteiger partial charge in [0.1, 0.15) is 5.02 Å². The summed E-state index contributed by atoms with van der Waals surface area (Å²) in [6.45, 7) is 0.433. The van der Waals surface area contributed by atoms with Crippen LogP contribution in [0.1, 0.15) is 25.7 Å². The van der Waals surface area contributed by atoms with Gasteiger partial charge >= 0.3 is 12.0 Å². The first-order chi connectivity index (χ1) is 10.9. The molecular formula is C14H18ClN3O5. The molecule has 0 aliphatic carbocycles. The molecule has 1 aromatic carbocycles. The fourth-order valence-corrected chi connectivity index (χ4v) is 1.97. The lowest BCUT2D eigenvalue weighted by Gasteiger charge is -2.08. The number of nitro groups is 1. The Labute approximate surface area is 138 Å². The number of amides is 2. The lowest BCUT2D eigenvalue weighted by molar-refractivity contribution is -0.384. The van der Waals surface area contributed by atoms with Crippen molar-refractivity contribution < 1.29 is 19.2 Å². The Morgan fingerprint density at radius 1 is 1.30 bits per heavy atom. The smallest absolute Gasteiger partial charge is 0.319 e. The fourth-order valence-electron chi connectivity index (χ4n) is 1.78. The van der Waals surface area contributed by atoms with Crippen molar-refractivity contribution in [2.24, 2.45) is 0 Å². The molecule has 0 aromatic heterocycles. The molecule has 0 radical (unpaired) electrons. The van der Waals surface area contributed by atoms with E-state index in [4.69, 9.17) is 11.6 Å². The van der Waals surface area contributed by atoms with E-state index in [-0.39, 0.29) is 22.4 Å². The maximum absolute atomic E-state index is 11.7. The number of benzene rings is 1. The summed E-state index contributed by atoms with van der Waals surface area (Å²) in [5, 5.41) is 15.9. The largest absolute Gasteiger partial charge is 0.469 e. The van der Waals surface area contributed by atoms with Crippen LogP contribution in [0.5, 0.6) is 0 Å². The van der Waals surface area contributed by atoms with Gasteiger partial charge in [-0.15, -0.1) is 0 Å². The molecule has 0 bridgehead atoms. The van der Waals surface area contributed by atoms with Crippen LogP contribution in [0.4, 0.5) is 16.2 Å². The van der Waals surface area contributed by atoms with Gasteiger partial charge in [0, 0.05) is 24.7 Å². The minimum Gasteiger partial charge on any atom is -0.469 e. The fraction of sp³-hybridized carbons (Fsp3) is 0.429. The van der Waals surface area contributed by atoms with Gasteiger partial charge in [-0.1, -0.05) is 18.0 Å². The number of hydrogen-bond donors (Lipinski definition) is 2. The molecule has 9 heteroatoms. The van der Waals surface area contributed by atoms with Crippen LogP contribution in [-0.2, 0) is 9.53 Å². The van der Waals surface area contributed by atoms with E-state index in [1.165, 1.54) is 25.3 Å². The zero-order valence-electron chi connectivity index (χ0n) is 12.6. The van der Waals surface area contributed by atoms with E-state index in [0.29, 0.717) is 25.8 Å². The molecule has 1 rings (SSSR count). The van der Waals surface area contributed by atoms with E-state index in [1.54, 1.807) is 0 Å². The average molecular weight is 344 g/mol. The number of rotatable bonds is 8. The summed E-state index contributed by atoms with van der Waals surface area (Å²) >= 11 is 5.69. The van der Waals surface area contributed by atoms with Crippen LogP contribution in [0.2, 0.25) is 5.02 Å². The number of esters is 1. The highest BCUT2D eigenvalue weighted by molar-refractivity contribution is 6.32. The van der Waals surface area contributed by atoms with Crippen LogP contribution in [0.15, 0.2) is 18.2 Å². The zero-order chi connectivity index (χ0) is 17.2. The Bertz CT molecular complexity index is 580. The number of hydrogen-bond acceptors (Lipinski definition) is 5. The van der Waals surface area contributed by atoms with Crippen molar-refractivity contribution in [1.29, 1.82) is 0 Å². The number of urea groups is 1. The Morgan fingerprint density at radius 2 is 2.04 bits per heavy atom. The first-order valence-corrected chi connectivity index (χ1v) is 7.37. The van der Waals surface area contributed by atoms with Crippen molar-refractivity contribution >= 4 is 35.0 Å².